The number of hydrogen-bond acceptors (Lipinski definition) is 4. The van der Waals surface area contributed by atoms with Crippen LogP contribution in [0.4, 0.5) is 0 Å². The third-order valence-electron chi connectivity index (χ3n) is 4.35. The average Bonchev–Trinajstić information content (AvgIpc) is 3.08. The van der Waals surface area contributed by atoms with Crippen molar-refractivity contribution in [1.29, 1.82) is 0 Å². The minimum atomic E-state index is 0.371. The van der Waals surface area contributed by atoms with E-state index in [1.807, 2.05) is 7.05 Å². The highest BCUT2D eigenvalue weighted by molar-refractivity contribution is 7.10. The van der Waals surface area contributed by atoms with E-state index in [2.05, 4.69) is 57.0 Å². The fraction of sp³-hybridized carbons (Fsp3) is 0.706. The van der Waals surface area contributed by atoms with Crippen LogP contribution in [0.2, 0.25) is 0 Å². The van der Waals surface area contributed by atoms with Gasteiger partial charge in [0.25, 0.3) is 0 Å². The first-order valence-corrected chi connectivity index (χ1v) is 9.45. The lowest BCUT2D eigenvalue weighted by atomic mass is 10.1. The van der Waals surface area contributed by atoms with Gasteiger partial charge in [0.05, 0.1) is 6.04 Å². The number of rotatable bonds is 7. The van der Waals surface area contributed by atoms with Crippen LogP contribution in [-0.2, 0) is 0 Å². The summed E-state index contributed by atoms with van der Waals surface area (Å²) in [6.45, 7) is 5.40. The Balaban J connectivity index is 1.73. The minimum absolute atomic E-state index is 0.371. The molecule has 0 aromatic carbocycles. The van der Waals surface area contributed by atoms with Crippen molar-refractivity contribution in [2.24, 2.45) is 4.99 Å². The summed E-state index contributed by atoms with van der Waals surface area (Å²) in [6.07, 6.45) is 4.08. The molecule has 23 heavy (non-hydrogen) atoms. The molecule has 1 aromatic heterocycles. The maximum atomic E-state index is 4.34. The second-order valence-corrected chi connectivity index (χ2v) is 7.26. The van der Waals surface area contributed by atoms with Crippen molar-refractivity contribution in [2.45, 2.75) is 25.3 Å². The molecule has 0 spiro atoms. The van der Waals surface area contributed by atoms with Crippen molar-refractivity contribution >= 4 is 17.3 Å². The number of piperidine rings is 1. The maximum Gasteiger partial charge on any atom is 0.191 e. The molecule has 5 nitrogen and oxygen atoms in total. The Hall–Kier alpha value is -1.11. The molecule has 1 aliphatic rings. The topological polar surface area (TPSA) is 42.9 Å². The highest BCUT2D eigenvalue weighted by Crippen LogP contribution is 2.22. The molecular formula is C17H31N5S. The summed E-state index contributed by atoms with van der Waals surface area (Å²) in [5.41, 5.74) is 0. The third-order valence-corrected chi connectivity index (χ3v) is 5.32. The SMILES string of the molecule is CN=C(NCCN1CCCCC1)NCC(c1cccs1)N(C)C. The van der Waals surface area contributed by atoms with Crippen molar-refractivity contribution in [3.8, 4) is 0 Å². The van der Waals surface area contributed by atoms with Gasteiger partial charge in [-0.1, -0.05) is 12.5 Å². The van der Waals surface area contributed by atoms with Crippen molar-refractivity contribution in [3.05, 3.63) is 22.4 Å². The van der Waals surface area contributed by atoms with Crippen molar-refractivity contribution in [2.75, 3.05) is 53.9 Å². The van der Waals surface area contributed by atoms with Gasteiger partial charge in [-0.2, -0.15) is 0 Å². The van der Waals surface area contributed by atoms with Crippen molar-refractivity contribution in [3.63, 3.8) is 0 Å². The molecule has 0 bridgehead atoms. The molecule has 1 unspecified atom stereocenters. The molecule has 1 atom stereocenters. The Morgan fingerprint density at radius 1 is 1.30 bits per heavy atom. The van der Waals surface area contributed by atoms with Gasteiger partial charge in [0.15, 0.2) is 5.96 Å². The van der Waals surface area contributed by atoms with Crippen LogP contribution in [0, 0.1) is 0 Å². The van der Waals surface area contributed by atoms with E-state index >= 15 is 0 Å². The molecule has 1 fully saturated rings. The number of aliphatic imine (C=N–C) groups is 1. The van der Waals surface area contributed by atoms with Gasteiger partial charge in [0.1, 0.15) is 0 Å². The number of nitrogens with one attached hydrogen (secondary N) is 2. The standard InChI is InChI=1S/C17H31N5S/c1-18-17(19-9-12-22-10-5-4-6-11-22)20-14-15(21(2)3)16-8-7-13-23-16/h7-8,13,15H,4-6,9-12,14H2,1-3H3,(H2,18,19,20). The molecular weight excluding hydrogens is 306 g/mol. The average molecular weight is 338 g/mol. The maximum absolute atomic E-state index is 4.34. The lowest BCUT2D eigenvalue weighted by Crippen LogP contribution is -2.44. The monoisotopic (exact) mass is 337 g/mol. The van der Waals surface area contributed by atoms with Crippen LogP contribution in [0.3, 0.4) is 0 Å². The summed E-state index contributed by atoms with van der Waals surface area (Å²) in [5.74, 6) is 0.894. The molecule has 130 valence electrons. The lowest BCUT2D eigenvalue weighted by Gasteiger charge is -2.27. The van der Waals surface area contributed by atoms with Crippen molar-refractivity contribution in [1.82, 2.24) is 20.4 Å². The first-order valence-electron chi connectivity index (χ1n) is 8.57. The fourth-order valence-electron chi connectivity index (χ4n) is 2.95. The Kier molecular flexibility index (Phi) is 7.85. The number of nitrogens with zero attached hydrogens (tertiary/aromatic N) is 3. The Morgan fingerprint density at radius 3 is 2.70 bits per heavy atom. The molecule has 1 aromatic rings. The minimum Gasteiger partial charge on any atom is -0.355 e. The Labute approximate surface area is 144 Å². The smallest absolute Gasteiger partial charge is 0.191 e. The van der Waals surface area contributed by atoms with Gasteiger partial charge in [-0.3, -0.25) is 4.99 Å². The van der Waals surface area contributed by atoms with E-state index < -0.39 is 0 Å². The summed E-state index contributed by atoms with van der Waals surface area (Å²) in [7, 11) is 6.09. The highest BCUT2D eigenvalue weighted by atomic mass is 32.1. The second kappa shape index (κ2) is 9.90. The van der Waals surface area contributed by atoms with Crippen molar-refractivity contribution < 1.29 is 0 Å². The van der Waals surface area contributed by atoms with E-state index in [1.165, 1.54) is 37.2 Å². The fourth-order valence-corrected chi connectivity index (χ4v) is 3.87. The van der Waals surface area contributed by atoms with E-state index in [0.717, 1.165) is 25.6 Å². The molecule has 0 amide bonds. The van der Waals surface area contributed by atoms with Crippen LogP contribution in [0.25, 0.3) is 0 Å². The predicted molar refractivity (Wildman–Crippen MR) is 100 cm³/mol. The number of likely N-dealkylation sites (tertiary alicyclic amines) is 1. The number of guanidine groups is 1. The number of thiophene rings is 1. The van der Waals surface area contributed by atoms with Crippen LogP contribution >= 0.6 is 11.3 Å². The molecule has 0 aliphatic carbocycles. The Morgan fingerprint density at radius 2 is 2.09 bits per heavy atom. The zero-order chi connectivity index (χ0) is 16.5. The predicted octanol–water partition coefficient (Wildman–Crippen LogP) is 2.00. The molecule has 0 radical (unpaired) electrons. The lowest BCUT2D eigenvalue weighted by molar-refractivity contribution is 0.232. The number of hydrogen-bond donors (Lipinski definition) is 2. The van der Waals surface area contributed by atoms with E-state index in [4.69, 9.17) is 0 Å². The third kappa shape index (κ3) is 6.12. The van der Waals surface area contributed by atoms with E-state index in [0.29, 0.717) is 6.04 Å². The zero-order valence-corrected chi connectivity index (χ0v) is 15.5. The van der Waals surface area contributed by atoms with E-state index in [9.17, 15) is 0 Å². The summed E-state index contributed by atoms with van der Waals surface area (Å²) in [6, 6.07) is 4.68. The molecule has 2 rings (SSSR count). The summed E-state index contributed by atoms with van der Waals surface area (Å²) in [5, 5.41) is 9.04. The normalized spacial score (nSPS) is 18.2. The summed E-state index contributed by atoms with van der Waals surface area (Å²) < 4.78 is 0. The Bertz CT molecular complexity index is 452. The summed E-state index contributed by atoms with van der Waals surface area (Å²) >= 11 is 1.81. The largest absolute Gasteiger partial charge is 0.355 e. The quantitative estimate of drug-likeness (QED) is 0.590. The van der Waals surface area contributed by atoms with Gasteiger partial charge in [-0.15, -0.1) is 11.3 Å². The van der Waals surface area contributed by atoms with Crippen LogP contribution in [0.15, 0.2) is 22.5 Å². The molecule has 2 heterocycles. The molecule has 0 saturated carbocycles. The van der Waals surface area contributed by atoms with Gasteiger partial charge in [0.2, 0.25) is 0 Å². The van der Waals surface area contributed by atoms with Gasteiger partial charge in [-0.25, -0.2) is 0 Å². The van der Waals surface area contributed by atoms with Gasteiger partial charge >= 0.3 is 0 Å². The molecule has 2 N–H and O–H groups in total. The molecule has 6 heteroatoms. The van der Waals surface area contributed by atoms with Crippen LogP contribution in [-0.4, -0.2) is 69.6 Å². The van der Waals surface area contributed by atoms with Crippen LogP contribution in [0.5, 0.6) is 0 Å². The molecule has 1 saturated heterocycles. The van der Waals surface area contributed by atoms with Gasteiger partial charge < -0.3 is 20.4 Å². The van der Waals surface area contributed by atoms with E-state index in [-0.39, 0.29) is 0 Å². The van der Waals surface area contributed by atoms with Crippen LogP contribution < -0.4 is 10.6 Å². The van der Waals surface area contributed by atoms with Gasteiger partial charge in [-0.05, 0) is 51.5 Å². The first kappa shape index (κ1) is 18.2. The van der Waals surface area contributed by atoms with E-state index in [1.54, 1.807) is 11.3 Å². The molecule has 1 aliphatic heterocycles. The highest BCUT2D eigenvalue weighted by Gasteiger charge is 2.15. The zero-order valence-electron chi connectivity index (χ0n) is 14.7. The van der Waals surface area contributed by atoms with Crippen LogP contribution in [0.1, 0.15) is 30.2 Å². The number of likely N-dealkylation sites (N-methyl/N-ethyl adjacent to an activating group) is 1. The first-order chi connectivity index (χ1) is 11.2. The van der Waals surface area contributed by atoms with Gasteiger partial charge in [0, 0.05) is 31.6 Å². The summed E-state index contributed by atoms with van der Waals surface area (Å²) in [4.78, 5) is 10.5. The second-order valence-electron chi connectivity index (χ2n) is 6.28.